The van der Waals surface area contributed by atoms with Crippen LogP contribution in [0.2, 0.25) is 0 Å². The van der Waals surface area contributed by atoms with E-state index in [1.165, 1.54) is 36.9 Å². The number of furan rings is 1. The van der Waals surface area contributed by atoms with Gasteiger partial charge in [-0.3, -0.25) is 4.90 Å². The van der Waals surface area contributed by atoms with Gasteiger partial charge < -0.3 is 13.7 Å². The molecule has 5 nitrogen and oxygen atoms in total. The van der Waals surface area contributed by atoms with Crippen molar-refractivity contribution in [1.82, 2.24) is 10.1 Å². The Morgan fingerprint density at radius 1 is 1.26 bits per heavy atom. The molecule has 1 unspecified atom stereocenters. The van der Waals surface area contributed by atoms with Crippen molar-refractivity contribution in [2.75, 3.05) is 13.7 Å². The van der Waals surface area contributed by atoms with Gasteiger partial charge in [-0.05, 0) is 44.4 Å². The molecule has 1 aliphatic heterocycles. The molecule has 0 spiro atoms. The Kier molecular flexibility index (Phi) is 4.23. The third kappa shape index (κ3) is 2.95. The van der Waals surface area contributed by atoms with Gasteiger partial charge in [0.2, 0.25) is 0 Å². The van der Waals surface area contributed by atoms with Crippen molar-refractivity contribution in [2.24, 2.45) is 0 Å². The zero-order valence-electron chi connectivity index (χ0n) is 13.7. The van der Waals surface area contributed by atoms with Gasteiger partial charge in [-0.15, -0.1) is 0 Å². The molecule has 1 atom stereocenters. The molecule has 0 N–H and O–H groups in total. The van der Waals surface area contributed by atoms with Crippen LogP contribution in [0.3, 0.4) is 0 Å². The molecule has 2 aromatic rings. The van der Waals surface area contributed by atoms with Crippen LogP contribution in [-0.2, 0) is 17.9 Å². The summed E-state index contributed by atoms with van der Waals surface area (Å²) in [6.07, 6.45) is 8.00. The molecule has 2 fully saturated rings. The van der Waals surface area contributed by atoms with Gasteiger partial charge in [0.25, 0.3) is 0 Å². The predicted molar refractivity (Wildman–Crippen MR) is 84.9 cm³/mol. The van der Waals surface area contributed by atoms with E-state index in [0.29, 0.717) is 18.6 Å². The Balaban J connectivity index is 1.48. The minimum atomic E-state index is 0.352. The average molecular weight is 316 g/mol. The van der Waals surface area contributed by atoms with Gasteiger partial charge >= 0.3 is 0 Å². The fourth-order valence-corrected chi connectivity index (χ4v) is 3.75. The van der Waals surface area contributed by atoms with Crippen LogP contribution in [-0.4, -0.2) is 23.7 Å². The molecular formula is C18H24N2O3. The normalized spacial score (nSPS) is 22.6. The van der Waals surface area contributed by atoms with Crippen molar-refractivity contribution in [3.05, 3.63) is 41.2 Å². The molecule has 1 saturated carbocycles. The predicted octanol–water partition coefficient (Wildman–Crippen LogP) is 4.02. The number of nitrogens with zero attached hydrogens (tertiary/aromatic N) is 2. The first-order chi connectivity index (χ1) is 11.3. The summed E-state index contributed by atoms with van der Waals surface area (Å²) in [6, 6.07) is 4.47. The number of ether oxygens (including phenoxy) is 1. The molecule has 1 saturated heterocycles. The van der Waals surface area contributed by atoms with Crippen LogP contribution in [0.5, 0.6) is 0 Å². The molecule has 0 radical (unpaired) electrons. The number of hydrogen-bond acceptors (Lipinski definition) is 5. The summed E-state index contributed by atoms with van der Waals surface area (Å²) in [6.45, 7) is 2.53. The lowest BCUT2D eigenvalue weighted by Gasteiger charge is -2.26. The van der Waals surface area contributed by atoms with E-state index in [1.807, 2.05) is 12.3 Å². The number of rotatable bonds is 6. The topological polar surface area (TPSA) is 51.6 Å². The molecule has 5 heteroatoms. The molecule has 23 heavy (non-hydrogen) atoms. The summed E-state index contributed by atoms with van der Waals surface area (Å²) < 4.78 is 16.4. The maximum atomic E-state index is 5.96. The van der Waals surface area contributed by atoms with Crippen molar-refractivity contribution < 1.29 is 13.7 Å². The van der Waals surface area contributed by atoms with Crippen LogP contribution >= 0.6 is 0 Å². The zero-order chi connectivity index (χ0) is 15.6. The van der Waals surface area contributed by atoms with Gasteiger partial charge in [0.05, 0.1) is 11.7 Å². The third-order valence-corrected chi connectivity index (χ3v) is 5.20. The first kappa shape index (κ1) is 15.0. The van der Waals surface area contributed by atoms with E-state index in [4.69, 9.17) is 13.7 Å². The second-order valence-corrected chi connectivity index (χ2v) is 6.72. The Hall–Kier alpha value is -1.59. The van der Waals surface area contributed by atoms with Crippen LogP contribution < -0.4 is 0 Å². The number of methoxy groups -OCH3 is 1. The smallest absolute Gasteiger partial charge is 0.129 e. The molecule has 0 bridgehead atoms. The van der Waals surface area contributed by atoms with Gasteiger partial charge in [0, 0.05) is 25.1 Å². The maximum absolute atomic E-state index is 5.96. The van der Waals surface area contributed by atoms with E-state index in [2.05, 4.69) is 16.1 Å². The van der Waals surface area contributed by atoms with E-state index in [0.717, 1.165) is 31.0 Å². The van der Waals surface area contributed by atoms with E-state index in [1.54, 1.807) is 7.11 Å². The fraction of sp³-hybridized carbons (Fsp3) is 0.611. The summed E-state index contributed by atoms with van der Waals surface area (Å²) >= 11 is 0. The molecule has 124 valence electrons. The number of likely N-dealkylation sites (tertiary alicyclic amines) is 1. The summed E-state index contributed by atoms with van der Waals surface area (Å²) in [4.78, 5) is 2.49. The van der Waals surface area contributed by atoms with Gasteiger partial charge in [-0.1, -0.05) is 11.6 Å². The molecule has 2 aromatic heterocycles. The van der Waals surface area contributed by atoms with Gasteiger partial charge in [-0.25, -0.2) is 0 Å². The SMILES string of the molecule is COCc1ccc(C2CCCN2Cc2conc2C2CCC2)o1. The molecule has 2 aliphatic rings. The van der Waals surface area contributed by atoms with E-state index < -0.39 is 0 Å². The van der Waals surface area contributed by atoms with Gasteiger partial charge in [-0.2, -0.15) is 0 Å². The Bertz CT molecular complexity index is 644. The lowest BCUT2D eigenvalue weighted by atomic mass is 9.81. The molecule has 1 aliphatic carbocycles. The van der Waals surface area contributed by atoms with E-state index in [-0.39, 0.29) is 0 Å². The van der Waals surface area contributed by atoms with Crippen molar-refractivity contribution in [2.45, 2.75) is 57.2 Å². The van der Waals surface area contributed by atoms with Crippen LogP contribution in [0.15, 0.2) is 27.3 Å². The lowest BCUT2D eigenvalue weighted by molar-refractivity contribution is 0.155. The minimum Gasteiger partial charge on any atom is -0.462 e. The number of hydrogen-bond donors (Lipinski definition) is 0. The Morgan fingerprint density at radius 3 is 2.96 bits per heavy atom. The molecule has 4 rings (SSSR count). The Morgan fingerprint density at radius 2 is 2.17 bits per heavy atom. The average Bonchev–Trinajstić information content (AvgIpc) is 3.20. The highest BCUT2D eigenvalue weighted by molar-refractivity contribution is 5.22. The second kappa shape index (κ2) is 6.49. The number of aromatic nitrogens is 1. The van der Waals surface area contributed by atoms with Crippen molar-refractivity contribution in [3.8, 4) is 0 Å². The Labute approximate surface area is 136 Å². The van der Waals surface area contributed by atoms with E-state index >= 15 is 0 Å². The standard InChI is InChI=1S/C18H24N2O3/c1-21-12-15-7-8-17(23-15)16-6-3-9-20(16)10-14-11-22-19-18(14)13-4-2-5-13/h7-8,11,13,16H,2-6,9-10,12H2,1H3. The largest absolute Gasteiger partial charge is 0.462 e. The summed E-state index contributed by atoms with van der Waals surface area (Å²) in [5, 5.41) is 4.26. The third-order valence-electron chi connectivity index (χ3n) is 5.20. The maximum Gasteiger partial charge on any atom is 0.129 e. The first-order valence-corrected chi connectivity index (χ1v) is 8.60. The molecule has 3 heterocycles. The molecular weight excluding hydrogens is 292 g/mol. The minimum absolute atomic E-state index is 0.352. The van der Waals surface area contributed by atoms with Crippen molar-refractivity contribution in [1.29, 1.82) is 0 Å². The van der Waals surface area contributed by atoms with Crippen LogP contribution in [0.1, 0.15) is 66.8 Å². The summed E-state index contributed by atoms with van der Waals surface area (Å²) in [7, 11) is 1.69. The fourth-order valence-electron chi connectivity index (χ4n) is 3.75. The highest BCUT2D eigenvalue weighted by Crippen LogP contribution is 2.39. The lowest BCUT2D eigenvalue weighted by Crippen LogP contribution is -2.23. The van der Waals surface area contributed by atoms with Crippen molar-refractivity contribution in [3.63, 3.8) is 0 Å². The second-order valence-electron chi connectivity index (χ2n) is 6.72. The van der Waals surface area contributed by atoms with E-state index in [9.17, 15) is 0 Å². The van der Waals surface area contributed by atoms with Crippen LogP contribution in [0.25, 0.3) is 0 Å². The molecule has 0 aromatic carbocycles. The molecule has 0 amide bonds. The zero-order valence-corrected chi connectivity index (χ0v) is 13.7. The monoisotopic (exact) mass is 316 g/mol. The van der Waals surface area contributed by atoms with Crippen LogP contribution in [0, 0.1) is 0 Å². The highest BCUT2D eigenvalue weighted by Gasteiger charge is 2.31. The highest BCUT2D eigenvalue weighted by atomic mass is 16.5. The van der Waals surface area contributed by atoms with Crippen LogP contribution in [0.4, 0.5) is 0 Å². The van der Waals surface area contributed by atoms with Crippen molar-refractivity contribution >= 4 is 0 Å². The van der Waals surface area contributed by atoms with Gasteiger partial charge in [0.1, 0.15) is 24.4 Å². The quantitative estimate of drug-likeness (QED) is 0.805. The first-order valence-electron chi connectivity index (χ1n) is 8.60. The summed E-state index contributed by atoms with van der Waals surface area (Å²) in [5.74, 6) is 2.56. The summed E-state index contributed by atoms with van der Waals surface area (Å²) in [5.41, 5.74) is 2.44. The van der Waals surface area contributed by atoms with Gasteiger partial charge in [0.15, 0.2) is 0 Å².